The fraction of sp³-hybridized carbons (Fsp3) is 0.500. The van der Waals surface area contributed by atoms with Crippen LogP contribution >= 0.6 is 11.3 Å². The van der Waals surface area contributed by atoms with E-state index in [0.717, 1.165) is 17.7 Å². The minimum absolute atomic E-state index is 0.281. The van der Waals surface area contributed by atoms with E-state index in [1.54, 1.807) is 11.3 Å². The van der Waals surface area contributed by atoms with Gasteiger partial charge >= 0.3 is 5.97 Å². The van der Waals surface area contributed by atoms with Crippen molar-refractivity contribution < 1.29 is 9.90 Å². The van der Waals surface area contributed by atoms with Crippen LogP contribution in [0.4, 0.5) is 0 Å². The Bertz CT molecular complexity index is 318. The summed E-state index contributed by atoms with van der Waals surface area (Å²) in [6.45, 7) is 2.03. The molecule has 2 rings (SSSR count). The van der Waals surface area contributed by atoms with Crippen LogP contribution in [0.1, 0.15) is 24.6 Å². The van der Waals surface area contributed by atoms with Gasteiger partial charge in [0.15, 0.2) is 0 Å². The van der Waals surface area contributed by atoms with Gasteiger partial charge in [0.1, 0.15) is 5.41 Å². The molecule has 0 aliphatic heterocycles. The van der Waals surface area contributed by atoms with Gasteiger partial charge < -0.3 is 5.11 Å². The monoisotopic (exact) mass is 196 g/mol. The second-order valence-corrected chi connectivity index (χ2v) is 4.64. The van der Waals surface area contributed by atoms with E-state index in [4.69, 9.17) is 0 Å². The molecule has 0 bridgehead atoms. The summed E-state index contributed by atoms with van der Waals surface area (Å²) in [5.41, 5.74) is -0.561. The molecule has 1 N–H and O–H groups in total. The van der Waals surface area contributed by atoms with E-state index in [1.165, 1.54) is 0 Å². The van der Waals surface area contributed by atoms with E-state index in [-0.39, 0.29) is 5.92 Å². The number of carboxylic acid groups (broad SMARTS) is 1. The molecular formula is C10H12O2S. The highest BCUT2D eigenvalue weighted by molar-refractivity contribution is 7.10. The predicted octanol–water partition coefficient (Wildman–Crippen LogP) is 2.50. The number of hydrogen-bond donors (Lipinski definition) is 1. The molecule has 70 valence electrons. The number of rotatable bonds is 2. The summed E-state index contributed by atoms with van der Waals surface area (Å²) in [7, 11) is 0. The van der Waals surface area contributed by atoms with Crippen molar-refractivity contribution in [1.29, 1.82) is 0 Å². The highest BCUT2D eigenvalue weighted by atomic mass is 32.1. The second kappa shape index (κ2) is 2.84. The highest BCUT2D eigenvalue weighted by Gasteiger charge is 2.52. The number of aliphatic carboxylic acids is 1. The first-order valence-electron chi connectivity index (χ1n) is 4.45. The molecule has 2 nitrogen and oxygen atoms in total. The molecule has 0 saturated heterocycles. The maximum atomic E-state index is 11.2. The van der Waals surface area contributed by atoms with Gasteiger partial charge in [0.2, 0.25) is 0 Å². The van der Waals surface area contributed by atoms with Crippen LogP contribution in [-0.4, -0.2) is 11.1 Å². The molecule has 13 heavy (non-hydrogen) atoms. The summed E-state index contributed by atoms with van der Waals surface area (Å²) in [6, 6.07) is 3.87. The molecule has 1 saturated carbocycles. The average Bonchev–Trinajstić information content (AvgIpc) is 2.55. The molecular weight excluding hydrogens is 184 g/mol. The standard InChI is InChI=1S/C10H12O2S/c1-7-4-5-10(7,9(11)12)8-3-2-6-13-8/h2-3,6-7H,4-5H2,1H3,(H,11,12). The van der Waals surface area contributed by atoms with Gasteiger partial charge in [-0.3, -0.25) is 4.79 Å². The van der Waals surface area contributed by atoms with Gasteiger partial charge in [-0.05, 0) is 30.2 Å². The number of carbonyl (C=O) groups is 1. The Labute approximate surface area is 81.2 Å². The van der Waals surface area contributed by atoms with E-state index in [2.05, 4.69) is 0 Å². The van der Waals surface area contributed by atoms with Crippen LogP contribution < -0.4 is 0 Å². The highest BCUT2D eigenvalue weighted by Crippen LogP contribution is 2.50. The van der Waals surface area contributed by atoms with Crippen LogP contribution in [0.3, 0.4) is 0 Å². The Kier molecular flexibility index (Phi) is 1.91. The number of hydrogen-bond acceptors (Lipinski definition) is 2. The molecule has 0 aromatic carbocycles. The Morgan fingerprint density at radius 1 is 1.77 bits per heavy atom. The van der Waals surface area contributed by atoms with Crippen molar-refractivity contribution in [3.8, 4) is 0 Å². The van der Waals surface area contributed by atoms with Crippen LogP contribution in [0.25, 0.3) is 0 Å². The third-order valence-corrected chi connectivity index (χ3v) is 4.20. The fourth-order valence-corrected chi connectivity index (χ4v) is 3.10. The lowest BCUT2D eigenvalue weighted by atomic mass is 9.60. The van der Waals surface area contributed by atoms with E-state index < -0.39 is 11.4 Å². The summed E-state index contributed by atoms with van der Waals surface area (Å²) >= 11 is 1.56. The van der Waals surface area contributed by atoms with Crippen molar-refractivity contribution in [1.82, 2.24) is 0 Å². The van der Waals surface area contributed by atoms with Gasteiger partial charge in [0.05, 0.1) is 0 Å². The molecule has 1 fully saturated rings. The maximum absolute atomic E-state index is 11.2. The third kappa shape index (κ3) is 1.03. The normalized spacial score (nSPS) is 32.5. The topological polar surface area (TPSA) is 37.3 Å². The zero-order chi connectivity index (χ0) is 9.47. The van der Waals surface area contributed by atoms with Gasteiger partial charge in [-0.1, -0.05) is 13.0 Å². The van der Waals surface area contributed by atoms with E-state index in [0.29, 0.717) is 0 Å². The lowest BCUT2D eigenvalue weighted by Crippen LogP contribution is -2.48. The molecule has 0 amide bonds. The molecule has 1 heterocycles. The van der Waals surface area contributed by atoms with Gasteiger partial charge in [-0.15, -0.1) is 11.3 Å². The molecule has 3 heteroatoms. The smallest absolute Gasteiger partial charge is 0.315 e. The Morgan fingerprint density at radius 2 is 2.54 bits per heavy atom. The largest absolute Gasteiger partial charge is 0.481 e. The summed E-state index contributed by atoms with van der Waals surface area (Å²) in [4.78, 5) is 12.2. The molecule has 1 aromatic heterocycles. The zero-order valence-corrected chi connectivity index (χ0v) is 8.30. The molecule has 0 spiro atoms. The Morgan fingerprint density at radius 3 is 2.85 bits per heavy atom. The van der Waals surface area contributed by atoms with Gasteiger partial charge in [0.25, 0.3) is 0 Å². The SMILES string of the molecule is CC1CCC1(C(=O)O)c1cccs1. The first-order valence-corrected chi connectivity index (χ1v) is 5.33. The summed E-state index contributed by atoms with van der Waals surface area (Å²) < 4.78 is 0. The Balaban J connectivity index is 2.41. The lowest BCUT2D eigenvalue weighted by molar-refractivity contribution is -0.150. The molecule has 2 atom stereocenters. The minimum atomic E-state index is -0.659. The predicted molar refractivity (Wildman–Crippen MR) is 52.0 cm³/mol. The molecule has 1 aliphatic carbocycles. The molecule has 0 radical (unpaired) electrons. The fourth-order valence-electron chi connectivity index (χ4n) is 2.04. The van der Waals surface area contributed by atoms with E-state index in [9.17, 15) is 9.90 Å². The van der Waals surface area contributed by atoms with Crippen LogP contribution in [0.5, 0.6) is 0 Å². The first-order chi connectivity index (χ1) is 6.18. The van der Waals surface area contributed by atoms with Crippen molar-refractivity contribution in [3.63, 3.8) is 0 Å². The Hall–Kier alpha value is -0.830. The van der Waals surface area contributed by atoms with Crippen molar-refractivity contribution in [3.05, 3.63) is 22.4 Å². The summed E-state index contributed by atoms with van der Waals surface area (Å²) in [5, 5.41) is 11.2. The minimum Gasteiger partial charge on any atom is -0.481 e. The average molecular weight is 196 g/mol. The van der Waals surface area contributed by atoms with Crippen molar-refractivity contribution >= 4 is 17.3 Å². The second-order valence-electron chi connectivity index (χ2n) is 3.69. The van der Waals surface area contributed by atoms with Gasteiger partial charge in [0, 0.05) is 4.88 Å². The third-order valence-electron chi connectivity index (χ3n) is 3.16. The van der Waals surface area contributed by atoms with Gasteiger partial charge in [-0.2, -0.15) is 0 Å². The van der Waals surface area contributed by atoms with Crippen LogP contribution in [0.15, 0.2) is 17.5 Å². The molecule has 1 aromatic rings. The van der Waals surface area contributed by atoms with Crippen LogP contribution in [-0.2, 0) is 10.2 Å². The quantitative estimate of drug-likeness (QED) is 0.789. The molecule has 1 aliphatic rings. The summed E-state index contributed by atoms with van der Waals surface area (Å²) in [5.74, 6) is -0.377. The van der Waals surface area contributed by atoms with Gasteiger partial charge in [-0.25, -0.2) is 0 Å². The van der Waals surface area contributed by atoms with Crippen LogP contribution in [0.2, 0.25) is 0 Å². The molecule has 2 unspecified atom stereocenters. The number of thiophene rings is 1. The van der Waals surface area contributed by atoms with Crippen molar-refractivity contribution in [2.45, 2.75) is 25.2 Å². The summed E-state index contributed by atoms with van der Waals surface area (Å²) in [6.07, 6.45) is 1.83. The van der Waals surface area contributed by atoms with Crippen molar-refractivity contribution in [2.24, 2.45) is 5.92 Å². The first kappa shape index (κ1) is 8.75. The lowest BCUT2D eigenvalue weighted by Gasteiger charge is -2.43. The van der Waals surface area contributed by atoms with Crippen LogP contribution in [0, 0.1) is 5.92 Å². The van der Waals surface area contributed by atoms with E-state index in [1.807, 2.05) is 24.4 Å². The zero-order valence-electron chi connectivity index (χ0n) is 7.49. The van der Waals surface area contributed by atoms with E-state index >= 15 is 0 Å². The number of carboxylic acids is 1. The maximum Gasteiger partial charge on any atom is 0.315 e. The van der Waals surface area contributed by atoms with Crippen molar-refractivity contribution in [2.75, 3.05) is 0 Å².